The zero-order valence-electron chi connectivity index (χ0n) is 9.96. The predicted octanol–water partition coefficient (Wildman–Crippen LogP) is 4.04. The van der Waals surface area contributed by atoms with Gasteiger partial charge in [0, 0.05) is 6.04 Å². The summed E-state index contributed by atoms with van der Waals surface area (Å²) in [6.45, 7) is 0. The van der Waals surface area contributed by atoms with Crippen LogP contribution < -0.4 is 5.73 Å². The minimum absolute atomic E-state index is 0.166. The summed E-state index contributed by atoms with van der Waals surface area (Å²) in [7, 11) is 0. The fourth-order valence-corrected chi connectivity index (χ4v) is 3.13. The number of nitrogens with two attached hydrogens (primary N) is 1. The molecule has 0 aliphatic heterocycles. The van der Waals surface area contributed by atoms with Crippen LogP contribution in [0.5, 0.6) is 0 Å². The van der Waals surface area contributed by atoms with Gasteiger partial charge in [-0.2, -0.15) is 0 Å². The first-order valence-electron chi connectivity index (χ1n) is 6.35. The fraction of sp³-hybridized carbons (Fsp3) is 0.571. The third kappa shape index (κ3) is 3.52. The monoisotopic (exact) mass is 299 g/mol. The second-order valence-corrected chi connectivity index (χ2v) is 5.86. The van der Waals surface area contributed by atoms with E-state index in [9.17, 15) is 4.39 Å². The molecule has 1 aromatic rings. The highest BCUT2D eigenvalue weighted by Gasteiger charge is 2.19. The summed E-state index contributed by atoms with van der Waals surface area (Å²) in [4.78, 5) is 0. The van der Waals surface area contributed by atoms with E-state index in [1.54, 1.807) is 6.07 Å². The number of benzene rings is 1. The SMILES string of the molecule is NC1CCCCC(Cc2cccc(F)c2Br)C1. The maximum Gasteiger partial charge on any atom is 0.137 e. The first-order valence-corrected chi connectivity index (χ1v) is 7.14. The third-order valence-corrected chi connectivity index (χ3v) is 4.50. The first kappa shape index (κ1) is 13.0. The van der Waals surface area contributed by atoms with Crippen LogP contribution in [-0.2, 0) is 6.42 Å². The van der Waals surface area contributed by atoms with Crippen molar-refractivity contribution in [3.05, 3.63) is 34.1 Å². The summed E-state index contributed by atoms with van der Waals surface area (Å²) >= 11 is 3.34. The average molecular weight is 300 g/mol. The number of hydrogen-bond donors (Lipinski definition) is 1. The van der Waals surface area contributed by atoms with Crippen molar-refractivity contribution in [2.24, 2.45) is 11.7 Å². The molecule has 1 fully saturated rings. The number of rotatable bonds is 2. The van der Waals surface area contributed by atoms with Gasteiger partial charge < -0.3 is 5.73 Å². The van der Waals surface area contributed by atoms with E-state index in [0.29, 0.717) is 16.4 Å². The number of hydrogen-bond acceptors (Lipinski definition) is 1. The van der Waals surface area contributed by atoms with Gasteiger partial charge in [0.2, 0.25) is 0 Å². The molecule has 2 atom stereocenters. The van der Waals surface area contributed by atoms with Gasteiger partial charge >= 0.3 is 0 Å². The van der Waals surface area contributed by atoms with Crippen LogP contribution in [0.1, 0.15) is 37.7 Å². The summed E-state index contributed by atoms with van der Waals surface area (Å²) in [6.07, 6.45) is 6.86. The minimum Gasteiger partial charge on any atom is -0.328 e. The minimum atomic E-state index is -0.166. The smallest absolute Gasteiger partial charge is 0.137 e. The second kappa shape index (κ2) is 5.96. The molecular weight excluding hydrogens is 281 g/mol. The molecule has 0 spiro atoms. The number of halogens is 2. The van der Waals surface area contributed by atoms with Crippen molar-refractivity contribution < 1.29 is 4.39 Å². The molecule has 17 heavy (non-hydrogen) atoms. The largest absolute Gasteiger partial charge is 0.328 e. The molecule has 1 nitrogen and oxygen atoms in total. The van der Waals surface area contributed by atoms with E-state index in [-0.39, 0.29) is 5.82 Å². The molecule has 0 aromatic heterocycles. The van der Waals surface area contributed by atoms with E-state index in [0.717, 1.165) is 24.8 Å². The zero-order chi connectivity index (χ0) is 12.3. The molecule has 1 aliphatic carbocycles. The summed E-state index contributed by atoms with van der Waals surface area (Å²) in [6, 6.07) is 5.61. The van der Waals surface area contributed by atoms with Crippen molar-refractivity contribution in [1.82, 2.24) is 0 Å². The molecule has 0 amide bonds. The van der Waals surface area contributed by atoms with Crippen LogP contribution in [0.4, 0.5) is 4.39 Å². The normalized spacial score (nSPS) is 25.6. The van der Waals surface area contributed by atoms with Gasteiger partial charge in [0.25, 0.3) is 0 Å². The summed E-state index contributed by atoms with van der Waals surface area (Å²) in [5.41, 5.74) is 7.13. The quantitative estimate of drug-likeness (QED) is 0.820. The Morgan fingerprint density at radius 2 is 2.06 bits per heavy atom. The lowest BCUT2D eigenvalue weighted by Gasteiger charge is -2.17. The lowest BCUT2D eigenvalue weighted by atomic mass is 9.91. The van der Waals surface area contributed by atoms with Crippen molar-refractivity contribution in [2.75, 3.05) is 0 Å². The molecule has 2 unspecified atom stereocenters. The maximum atomic E-state index is 13.4. The van der Waals surface area contributed by atoms with Gasteiger partial charge in [0.05, 0.1) is 4.47 Å². The summed E-state index contributed by atoms with van der Waals surface area (Å²) in [5.74, 6) is 0.436. The Labute approximate surface area is 111 Å². The maximum absolute atomic E-state index is 13.4. The Morgan fingerprint density at radius 3 is 2.88 bits per heavy atom. The molecule has 2 N–H and O–H groups in total. The molecule has 2 rings (SSSR count). The van der Waals surface area contributed by atoms with Gasteiger partial charge in [0.15, 0.2) is 0 Å². The van der Waals surface area contributed by atoms with Crippen LogP contribution in [0, 0.1) is 11.7 Å². The Morgan fingerprint density at radius 1 is 1.29 bits per heavy atom. The third-order valence-electron chi connectivity index (χ3n) is 3.61. The standard InChI is InChI=1S/C14H19BrFN/c15-14-11(5-3-7-13(14)16)8-10-4-1-2-6-12(17)9-10/h3,5,7,10,12H,1-2,4,6,8-9,17H2. The Balaban J connectivity index is 2.06. The van der Waals surface area contributed by atoms with E-state index in [2.05, 4.69) is 15.9 Å². The highest BCUT2D eigenvalue weighted by Crippen LogP contribution is 2.29. The second-order valence-electron chi connectivity index (χ2n) is 5.06. The van der Waals surface area contributed by atoms with Crippen LogP contribution in [0.3, 0.4) is 0 Å². The predicted molar refractivity (Wildman–Crippen MR) is 72.4 cm³/mol. The van der Waals surface area contributed by atoms with Crippen LogP contribution in [-0.4, -0.2) is 6.04 Å². The lowest BCUT2D eigenvalue weighted by molar-refractivity contribution is 0.429. The molecule has 1 aromatic carbocycles. The van der Waals surface area contributed by atoms with E-state index in [1.807, 2.05) is 6.07 Å². The van der Waals surface area contributed by atoms with Crippen molar-refractivity contribution in [1.29, 1.82) is 0 Å². The molecule has 0 saturated heterocycles. The van der Waals surface area contributed by atoms with Crippen molar-refractivity contribution in [3.8, 4) is 0 Å². The van der Waals surface area contributed by atoms with Crippen molar-refractivity contribution in [2.45, 2.75) is 44.6 Å². The molecule has 3 heteroatoms. The van der Waals surface area contributed by atoms with Gasteiger partial charge in [-0.1, -0.05) is 31.4 Å². The van der Waals surface area contributed by atoms with E-state index >= 15 is 0 Å². The highest BCUT2D eigenvalue weighted by atomic mass is 79.9. The Bertz CT molecular complexity index is 380. The molecule has 0 heterocycles. The highest BCUT2D eigenvalue weighted by molar-refractivity contribution is 9.10. The lowest BCUT2D eigenvalue weighted by Crippen LogP contribution is -2.22. The van der Waals surface area contributed by atoms with Crippen LogP contribution in [0.25, 0.3) is 0 Å². The average Bonchev–Trinajstić information content (AvgIpc) is 2.49. The molecular formula is C14H19BrFN. The summed E-state index contributed by atoms with van der Waals surface area (Å²) < 4.78 is 14.0. The fourth-order valence-electron chi connectivity index (χ4n) is 2.71. The van der Waals surface area contributed by atoms with E-state index in [1.165, 1.54) is 25.3 Å². The Hall–Kier alpha value is -0.410. The zero-order valence-corrected chi connectivity index (χ0v) is 11.5. The van der Waals surface area contributed by atoms with Crippen LogP contribution in [0.15, 0.2) is 22.7 Å². The first-order chi connectivity index (χ1) is 8.16. The van der Waals surface area contributed by atoms with Crippen LogP contribution in [0.2, 0.25) is 0 Å². The Kier molecular flexibility index (Phi) is 4.57. The van der Waals surface area contributed by atoms with Gasteiger partial charge in [-0.3, -0.25) is 0 Å². The van der Waals surface area contributed by atoms with Gasteiger partial charge in [-0.05, 0) is 52.7 Å². The van der Waals surface area contributed by atoms with Gasteiger partial charge in [-0.15, -0.1) is 0 Å². The molecule has 0 radical (unpaired) electrons. The molecule has 1 aliphatic rings. The van der Waals surface area contributed by atoms with E-state index in [4.69, 9.17) is 5.73 Å². The molecule has 1 saturated carbocycles. The topological polar surface area (TPSA) is 26.0 Å². The van der Waals surface area contributed by atoms with Crippen molar-refractivity contribution in [3.63, 3.8) is 0 Å². The van der Waals surface area contributed by atoms with E-state index < -0.39 is 0 Å². The van der Waals surface area contributed by atoms with Gasteiger partial charge in [-0.25, -0.2) is 4.39 Å². The molecule has 94 valence electrons. The van der Waals surface area contributed by atoms with Crippen LogP contribution >= 0.6 is 15.9 Å². The van der Waals surface area contributed by atoms with Gasteiger partial charge in [0.1, 0.15) is 5.82 Å². The summed E-state index contributed by atoms with van der Waals surface area (Å²) in [5, 5.41) is 0. The molecule has 0 bridgehead atoms. The van der Waals surface area contributed by atoms with Crippen molar-refractivity contribution >= 4 is 15.9 Å².